The molecule has 1 aliphatic rings. The zero-order chi connectivity index (χ0) is 23.8. The molecule has 0 bridgehead atoms. The van der Waals surface area contributed by atoms with Crippen molar-refractivity contribution in [3.05, 3.63) is 59.7 Å². The summed E-state index contributed by atoms with van der Waals surface area (Å²) in [6.07, 6.45) is 1.98. The summed E-state index contributed by atoms with van der Waals surface area (Å²) in [6, 6.07) is 15.1. The van der Waals surface area contributed by atoms with Crippen LogP contribution in [0.1, 0.15) is 63.0 Å². The van der Waals surface area contributed by atoms with Gasteiger partial charge in [0.1, 0.15) is 12.6 Å². The summed E-state index contributed by atoms with van der Waals surface area (Å²) in [6.45, 7) is 3.99. The molecule has 33 heavy (non-hydrogen) atoms. The van der Waals surface area contributed by atoms with E-state index in [0.717, 1.165) is 24.0 Å². The van der Waals surface area contributed by atoms with Crippen LogP contribution in [-0.4, -0.2) is 41.8 Å². The van der Waals surface area contributed by atoms with E-state index in [4.69, 9.17) is 4.74 Å². The second-order valence-electron chi connectivity index (χ2n) is 8.51. The van der Waals surface area contributed by atoms with Crippen molar-refractivity contribution in [3.63, 3.8) is 0 Å². The van der Waals surface area contributed by atoms with Crippen molar-refractivity contribution < 1.29 is 24.2 Å². The molecule has 2 aromatic carbocycles. The lowest BCUT2D eigenvalue weighted by Crippen LogP contribution is -2.41. The molecule has 1 unspecified atom stereocenters. The van der Waals surface area contributed by atoms with Crippen molar-refractivity contribution in [2.45, 2.75) is 64.0 Å². The van der Waals surface area contributed by atoms with Crippen LogP contribution in [0.4, 0.5) is 4.79 Å². The van der Waals surface area contributed by atoms with Crippen molar-refractivity contribution in [2.75, 3.05) is 6.61 Å². The Hall–Kier alpha value is -3.35. The third-order valence-corrected chi connectivity index (χ3v) is 5.99. The van der Waals surface area contributed by atoms with E-state index in [2.05, 4.69) is 34.9 Å². The third-order valence-electron chi connectivity index (χ3n) is 5.99. The summed E-state index contributed by atoms with van der Waals surface area (Å²) in [5.74, 6) is -1.37. The quantitative estimate of drug-likeness (QED) is 0.467. The van der Waals surface area contributed by atoms with E-state index in [1.54, 1.807) is 6.92 Å². The van der Waals surface area contributed by atoms with Gasteiger partial charge in [-0.3, -0.25) is 4.79 Å². The first kappa shape index (κ1) is 24.3. The maximum Gasteiger partial charge on any atom is 0.407 e. The van der Waals surface area contributed by atoms with Crippen LogP contribution in [0.5, 0.6) is 0 Å². The van der Waals surface area contributed by atoms with Gasteiger partial charge in [-0.05, 0) is 42.0 Å². The lowest BCUT2D eigenvalue weighted by Gasteiger charge is -2.18. The number of hydrogen-bond acceptors (Lipinski definition) is 4. The van der Waals surface area contributed by atoms with Gasteiger partial charge in [-0.2, -0.15) is 0 Å². The third kappa shape index (κ3) is 6.34. The molecular weight excluding hydrogens is 420 g/mol. The van der Waals surface area contributed by atoms with Crippen LogP contribution in [0.25, 0.3) is 11.1 Å². The Morgan fingerprint density at radius 1 is 0.970 bits per heavy atom. The summed E-state index contributed by atoms with van der Waals surface area (Å²) in [7, 11) is 0. The van der Waals surface area contributed by atoms with Crippen LogP contribution < -0.4 is 10.6 Å². The molecule has 0 radical (unpaired) electrons. The van der Waals surface area contributed by atoms with Crippen LogP contribution in [0, 0.1) is 0 Å². The van der Waals surface area contributed by atoms with E-state index >= 15 is 0 Å². The van der Waals surface area contributed by atoms with Gasteiger partial charge in [0, 0.05) is 18.4 Å². The summed E-state index contributed by atoms with van der Waals surface area (Å²) in [5, 5.41) is 14.5. The minimum absolute atomic E-state index is 0.0136. The second-order valence-corrected chi connectivity index (χ2v) is 8.51. The fourth-order valence-electron chi connectivity index (χ4n) is 4.19. The molecule has 0 aromatic heterocycles. The van der Waals surface area contributed by atoms with E-state index in [9.17, 15) is 19.5 Å². The summed E-state index contributed by atoms with van der Waals surface area (Å²) < 4.78 is 5.53. The van der Waals surface area contributed by atoms with Gasteiger partial charge in [-0.25, -0.2) is 9.59 Å². The Morgan fingerprint density at radius 2 is 1.58 bits per heavy atom. The zero-order valence-electron chi connectivity index (χ0n) is 19.2. The number of benzene rings is 2. The molecule has 0 saturated heterocycles. The Morgan fingerprint density at radius 3 is 2.15 bits per heavy atom. The molecule has 0 aliphatic heterocycles. The number of amides is 2. The summed E-state index contributed by atoms with van der Waals surface area (Å²) >= 11 is 0. The SMILES string of the molecule is CCCC[C@H](NC(=O)CCC(C)NC(=O)OCC1c2ccccc2-c2ccccc21)C(=O)O. The van der Waals surface area contributed by atoms with Crippen molar-refractivity contribution in [1.82, 2.24) is 10.6 Å². The number of rotatable bonds is 11. The molecule has 3 N–H and O–H groups in total. The molecule has 1 aliphatic carbocycles. The van der Waals surface area contributed by atoms with Gasteiger partial charge in [0.05, 0.1) is 0 Å². The van der Waals surface area contributed by atoms with Gasteiger partial charge in [0.2, 0.25) is 5.91 Å². The van der Waals surface area contributed by atoms with Crippen LogP contribution in [-0.2, 0) is 14.3 Å². The fourth-order valence-corrected chi connectivity index (χ4v) is 4.19. The van der Waals surface area contributed by atoms with Crippen LogP contribution >= 0.6 is 0 Å². The second kappa shape index (κ2) is 11.5. The van der Waals surface area contributed by atoms with Crippen molar-refractivity contribution >= 4 is 18.0 Å². The lowest BCUT2D eigenvalue weighted by molar-refractivity contribution is -0.142. The molecule has 2 amide bonds. The molecule has 0 heterocycles. The zero-order valence-corrected chi connectivity index (χ0v) is 19.2. The van der Waals surface area contributed by atoms with Gasteiger partial charge in [0.15, 0.2) is 0 Å². The highest BCUT2D eigenvalue weighted by atomic mass is 16.5. The van der Waals surface area contributed by atoms with Crippen LogP contribution in [0.15, 0.2) is 48.5 Å². The molecule has 7 nitrogen and oxygen atoms in total. The normalized spacial score (nSPS) is 14.0. The van der Waals surface area contributed by atoms with Crippen LogP contribution in [0.3, 0.4) is 0 Å². The van der Waals surface area contributed by atoms with E-state index < -0.39 is 18.1 Å². The summed E-state index contributed by atoms with van der Waals surface area (Å²) in [4.78, 5) is 35.7. The first-order chi connectivity index (χ1) is 15.9. The van der Waals surface area contributed by atoms with E-state index in [0.29, 0.717) is 12.8 Å². The maximum atomic E-state index is 12.4. The molecule has 2 atom stereocenters. The number of carbonyl (C=O) groups is 3. The highest BCUT2D eigenvalue weighted by Gasteiger charge is 2.29. The number of unbranched alkanes of at least 4 members (excludes halogenated alkanes) is 1. The standard InChI is InChI=1S/C26H32N2O5/c1-3-4-13-23(25(30)31)28-24(29)15-14-17(2)27-26(32)33-16-22-20-11-7-5-9-18(20)19-10-6-8-12-21(19)22/h5-12,17,22-23H,3-4,13-16H2,1-2H3,(H,27,32)(H,28,29)(H,30,31)/t17?,23-/m0/s1. The predicted octanol–water partition coefficient (Wildman–Crippen LogP) is 4.45. The van der Waals surface area contributed by atoms with E-state index in [-0.39, 0.29) is 30.9 Å². The highest BCUT2D eigenvalue weighted by molar-refractivity contribution is 5.83. The van der Waals surface area contributed by atoms with Gasteiger partial charge >= 0.3 is 12.1 Å². The molecule has 0 spiro atoms. The number of fused-ring (bicyclic) bond motifs is 3. The van der Waals surface area contributed by atoms with Crippen molar-refractivity contribution in [2.24, 2.45) is 0 Å². The van der Waals surface area contributed by atoms with Gasteiger partial charge in [0.25, 0.3) is 0 Å². The molecule has 2 aromatic rings. The average Bonchev–Trinajstić information content (AvgIpc) is 3.12. The van der Waals surface area contributed by atoms with Gasteiger partial charge in [-0.15, -0.1) is 0 Å². The first-order valence-corrected chi connectivity index (χ1v) is 11.5. The minimum Gasteiger partial charge on any atom is -0.480 e. The highest BCUT2D eigenvalue weighted by Crippen LogP contribution is 2.44. The number of carboxylic acids is 1. The van der Waals surface area contributed by atoms with Gasteiger partial charge < -0.3 is 20.5 Å². The minimum atomic E-state index is -1.03. The smallest absolute Gasteiger partial charge is 0.407 e. The summed E-state index contributed by atoms with van der Waals surface area (Å²) in [5.41, 5.74) is 4.62. The van der Waals surface area contributed by atoms with Crippen molar-refractivity contribution in [1.29, 1.82) is 0 Å². The van der Waals surface area contributed by atoms with E-state index in [1.165, 1.54) is 11.1 Å². The van der Waals surface area contributed by atoms with Gasteiger partial charge in [-0.1, -0.05) is 68.3 Å². The topological polar surface area (TPSA) is 105 Å². The number of nitrogens with one attached hydrogen (secondary N) is 2. The molecular formula is C26H32N2O5. The van der Waals surface area contributed by atoms with Crippen molar-refractivity contribution in [3.8, 4) is 11.1 Å². The molecule has 7 heteroatoms. The molecule has 0 saturated carbocycles. The Kier molecular flexibility index (Phi) is 8.46. The largest absolute Gasteiger partial charge is 0.480 e. The number of ether oxygens (including phenoxy) is 1. The average molecular weight is 453 g/mol. The number of carbonyl (C=O) groups excluding carboxylic acids is 2. The molecule has 3 rings (SSSR count). The first-order valence-electron chi connectivity index (χ1n) is 11.5. The number of alkyl carbamates (subject to hydrolysis) is 1. The number of aliphatic carboxylic acids is 1. The lowest BCUT2D eigenvalue weighted by atomic mass is 9.98. The Bertz CT molecular complexity index is 945. The predicted molar refractivity (Wildman–Crippen MR) is 126 cm³/mol. The number of hydrogen-bond donors (Lipinski definition) is 3. The monoisotopic (exact) mass is 452 g/mol. The molecule has 176 valence electrons. The Balaban J connectivity index is 1.46. The number of carboxylic acid groups (broad SMARTS) is 1. The van der Waals surface area contributed by atoms with Crippen LogP contribution in [0.2, 0.25) is 0 Å². The maximum absolute atomic E-state index is 12.4. The molecule has 0 fully saturated rings. The fraction of sp³-hybridized carbons (Fsp3) is 0.423. The Labute approximate surface area is 194 Å². The van der Waals surface area contributed by atoms with E-state index in [1.807, 2.05) is 31.2 Å².